The van der Waals surface area contributed by atoms with Gasteiger partial charge in [0.15, 0.2) is 0 Å². The monoisotopic (exact) mass is 303 g/mol. The first-order valence-corrected chi connectivity index (χ1v) is 6.50. The normalized spacial score (nSPS) is 21.5. The maximum absolute atomic E-state index is 11.4. The minimum atomic E-state index is -0.457. The lowest BCUT2D eigenvalue weighted by Gasteiger charge is -2.15. The zero-order valence-electron chi connectivity index (χ0n) is 11.8. The Morgan fingerprint density at radius 1 is 1.70 bits per heavy atom. The van der Waals surface area contributed by atoms with Crippen molar-refractivity contribution >= 4 is 24.1 Å². The lowest BCUT2D eigenvalue weighted by Crippen LogP contribution is -2.25. The molecule has 1 aromatic heterocycles. The van der Waals surface area contributed by atoms with E-state index >= 15 is 0 Å². The largest absolute Gasteiger partial charge is 0.383 e. The van der Waals surface area contributed by atoms with Gasteiger partial charge in [0.25, 0.3) is 5.91 Å². The Hall–Kier alpha value is -1.31. The molecule has 0 unspecified atom stereocenters. The molecule has 4 N–H and O–H groups in total. The Bertz CT molecular complexity index is 451. The molecular weight excluding hydrogens is 282 g/mol. The topological polar surface area (TPSA) is 94.2 Å². The summed E-state index contributed by atoms with van der Waals surface area (Å²) >= 11 is 0. The summed E-state index contributed by atoms with van der Waals surface area (Å²) in [6, 6.07) is 0.535. The van der Waals surface area contributed by atoms with Crippen molar-refractivity contribution in [2.45, 2.75) is 25.4 Å². The number of methoxy groups -OCH3 is 1. The van der Waals surface area contributed by atoms with Crippen LogP contribution in [0, 0.1) is 0 Å². The van der Waals surface area contributed by atoms with Crippen LogP contribution < -0.4 is 16.4 Å². The smallest absolute Gasteiger partial charge is 0.254 e. The van der Waals surface area contributed by atoms with Crippen molar-refractivity contribution < 1.29 is 9.53 Å². The van der Waals surface area contributed by atoms with Gasteiger partial charge in [-0.2, -0.15) is 5.10 Å². The van der Waals surface area contributed by atoms with Crippen LogP contribution in [0.4, 0.5) is 5.82 Å². The third kappa shape index (κ3) is 3.41. The van der Waals surface area contributed by atoms with Gasteiger partial charge in [-0.3, -0.25) is 4.79 Å². The molecule has 2 heterocycles. The lowest BCUT2D eigenvalue weighted by molar-refractivity contribution is 0.100. The van der Waals surface area contributed by atoms with Gasteiger partial charge in [-0.1, -0.05) is 0 Å². The van der Waals surface area contributed by atoms with Crippen LogP contribution in [0.15, 0.2) is 6.20 Å². The number of nitrogens with one attached hydrogen (secondary N) is 2. The minimum Gasteiger partial charge on any atom is -0.383 e. The average molecular weight is 304 g/mol. The molecule has 7 nitrogen and oxygen atoms in total. The highest BCUT2D eigenvalue weighted by Gasteiger charge is 2.28. The van der Waals surface area contributed by atoms with Crippen LogP contribution in [0.25, 0.3) is 0 Å². The van der Waals surface area contributed by atoms with Gasteiger partial charge >= 0.3 is 0 Å². The third-order valence-corrected chi connectivity index (χ3v) is 3.32. The van der Waals surface area contributed by atoms with Crippen molar-refractivity contribution in [3.63, 3.8) is 0 Å². The summed E-state index contributed by atoms with van der Waals surface area (Å²) in [7, 11) is 1.69. The molecule has 1 saturated heterocycles. The molecule has 1 aliphatic rings. The zero-order valence-corrected chi connectivity index (χ0v) is 12.6. The second-order valence-corrected chi connectivity index (χ2v) is 4.70. The minimum absolute atomic E-state index is 0. The van der Waals surface area contributed by atoms with Crippen molar-refractivity contribution in [3.05, 3.63) is 11.8 Å². The molecule has 8 heteroatoms. The van der Waals surface area contributed by atoms with Crippen molar-refractivity contribution in [3.8, 4) is 0 Å². The average Bonchev–Trinajstić information content (AvgIpc) is 2.96. The van der Waals surface area contributed by atoms with Gasteiger partial charge in [0.1, 0.15) is 11.4 Å². The van der Waals surface area contributed by atoms with E-state index in [1.54, 1.807) is 7.11 Å². The number of ether oxygens (including phenoxy) is 1. The van der Waals surface area contributed by atoms with Crippen LogP contribution in [-0.4, -0.2) is 48.5 Å². The Balaban J connectivity index is 0.00000200. The fraction of sp³-hybridized carbons (Fsp3) is 0.667. The number of nitrogens with zero attached hydrogens (tertiary/aromatic N) is 2. The fourth-order valence-electron chi connectivity index (χ4n) is 2.48. The number of carbonyl (C=O) groups excluding carboxylic acids is 1. The van der Waals surface area contributed by atoms with E-state index in [-0.39, 0.29) is 18.4 Å². The van der Waals surface area contributed by atoms with E-state index < -0.39 is 5.91 Å². The zero-order chi connectivity index (χ0) is 13.8. The number of aromatic nitrogens is 2. The molecule has 0 saturated carbocycles. The van der Waals surface area contributed by atoms with Crippen molar-refractivity contribution in [2.75, 3.05) is 32.1 Å². The number of amides is 1. The number of primary amides is 1. The van der Waals surface area contributed by atoms with Gasteiger partial charge in [0.05, 0.1) is 18.8 Å². The molecule has 0 aromatic carbocycles. The number of hydrogen-bond donors (Lipinski definition) is 3. The molecule has 2 atom stereocenters. The number of rotatable bonds is 6. The van der Waals surface area contributed by atoms with Crippen LogP contribution in [0.1, 0.15) is 29.7 Å². The van der Waals surface area contributed by atoms with Gasteiger partial charge in [0, 0.05) is 26.2 Å². The summed E-state index contributed by atoms with van der Waals surface area (Å²) in [4.78, 5) is 11.4. The van der Waals surface area contributed by atoms with Crippen LogP contribution in [0.5, 0.6) is 0 Å². The predicted molar refractivity (Wildman–Crippen MR) is 79.5 cm³/mol. The molecule has 114 valence electrons. The molecule has 0 radical (unpaired) electrons. The van der Waals surface area contributed by atoms with Crippen molar-refractivity contribution in [1.29, 1.82) is 0 Å². The first kappa shape index (κ1) is 16.7. The standard InChI is InChI=1S/C12H21N5O2.ClH/c1-3-14-12-10(11(13)18)6-16-17(12)9-4-8(7-19-2)15-5-9;/h6,8-9,14-15H,3-5,7H2,1-2H3,(H2,13,18);1H/t8-,9+;/m1./s1. The molecule has 1 amide bonds. The van der Waals surface area contributed by atoms with Crippen LogP contribution in [0.3, 0.4) is 0 Å². The van der Waals surface area contributed by atoms with Crippen LogP contribution >= 0.6 is 12.4 Å². The number of carbonyl (C=O) groups is 1. The molecule has 20 heavy (non-hydrogen) atoms. The highest BCUT2D eigenvalue weighted by Crippen LogP contribution is 2.25. The maximum atomic E-state index is 11.4. The number of halogens is 1. The Labute approximate surface area is 124 Å². The molecule has 2 rings (SSSR count). The van der Waals surface area contributed by atoms with Crippen LogP contribution in [-0.2, 0) is 4.74 Å². The molecular formula is C12H22ClN5O2. The number of anilines is 1. The molecule has 0 spiro atoms. The predicted octanol–water partition coefficient (Wildman–Crippen LogP) is 0.385. The number of hydrogen-bond acceptors (Lipinski definition) is 5. The third-order valence-electron chi connectivity index (χ3n) is 3.32. The van der Waals surface area contributed by atoms with Gasteiger partial charge in [-0.05, 0) is 13.3 Å². The number of nitrogens with two attached hydrogens (primary N) is 1. The van der Waals surface area contributed by atoms with E-state index in [2.05, 4.69) is 15.7 Å². The van der Waals surface area contributed by atoms with Gasteiger partial charge in [-0.25, -0.2) is 4.68 Å². The summed E-state index contributed by atoms with van der Waals surface area (Å²) in [5.74, 6) is 0.251. The molecule has 1 fully saturated rings. The Morgan fingerprint density at radius 3 is 3.05 bits per heavy atom. The van der Waals surface area contributed by atoms with Gasteiger partial charge in [0.2, 0.25) is 0 Å². The first-order chi connectivity index (χ1) is 9.17. The highest BCUT2D eigenvalue weighted by atomic mass is 35.5. The van der Waals surface area contributed by atoms with Crippen molar-refractivity contribution in [1.82, 2.24) is 15.1 Å². The van der Waals surface area contributed by atoms with E-state index in [1.807, 2.05) is 11.6 Å². The second kappa shape index (κ2) is 7.47. The SMILES string of the molecule is CCNc1c(C(N)=O)cnn1[C@@H]1CN[C@@H](COC)C1.Cl. The first-order valence-electron chi connectivity index (χ1n) is 6.50. The summed E-state index contributed by atoms with van der Waals surface area (Å²) in [6.45, 7) is 4.18. The highest BCUT2D eigenvalue weighted by molar-refractivity contribution is 5.97. The van der Waals surface area contributed by atoms with E-state index in [4.69, 9.17) is 10.5 Å². The van der Waals surface area contributed by atoms with Crippen molar-refractivity contribution in [2.24, 2.45) is 5.73 Å². The van der Waals surface area contributed by atoms with E-state index in [1.165, 1.54) is 6.20 Å². The quantitative estimate of drug-likeness (QED) is 0.706. The Morgan fingerprint density at radius 2 is 2.45 bits per heavy atom. The molecule has 0 aliphatic carbocycles. The summed E-state index contributed by atoms with van der Waals surface area (Å²) in [6.07, 6.45) is 2.45. The molecule has 0 bridgehead atoms. The van der Waals surface area contributed by atoms with E-state index in [0.29, 0.717) is 30.6 Å². The molecule has 1 aliphatic heterocycles. The lowest BCUT2D eigenvalue weighted by atomic mass is 10.2. The van der Waals surface area contributed by atoms with Gasteiger partial charge < -0.3 is 21.1 Å². The summed E-state index contributed by atoms with van der Waals surface area (Å²) in [5.41, 5.74) is 5.81. The molecule has 1 aromatic rings. The fourth-order valence-corrected chi connectivity index (χ4v) is 2.48. The van der Waals surface area contributed by atoms with E-state index in [9.17, 15) is 4.79 Å². The second-order valence-electron chi connectivity index (χ2n) is 4.70. The van der Waals surface area contributed by atoms with Gasteiger partial charge in [-0.15, -0.1) is 12.4 Å². The summed E-state index contributed by atoms with van der Waals surface area (Å²) in [5, 5.41) is 10.9. The maximum Gasteiger partial charge on any atom is 0.254 e. The summed E-state index contributed by atoms with van der Waals surface area (Å²) < 4.78 is 7.00. The van der Waals surface area contributed by atoms with E-state index in [0.717, 1.165) is 13.0 Å². The van der Waals surface area contributed by atoms with Crippen LogP contribution in [0.2, 0.25) is 0 Å². The Kier molecular flexibility index (Phi) is 6.25.